The molecule has 3 heterocycles. The number of benzene rings is 1. The number of aromatic nitrogens is 1. The molecule has 1 unspecified atom stereocenters. The third kappa shape index (κ3) is 2.89. The third-order valence-electron chi connectivity index (χ3n) is 4.86. The zero-order chi connectivity index (χ0) is 16.5. The smallest absolute Gasteiger partial charge is 0.328 e. The fourth-order valence-corrected chi connectivity index (χ4v) is 4.75. The van der Waals surface area contributed by atoms with Crippen LogP contribution in [0.5, 0.6) is 0 Å². The van der Waals surface area contributed by atoms with E-state index in [-0.39, 0.29) is 18.0 Å². The Morgan fingerprint density at radius 2 is 2.17 bits per heavy atom. The Bertz CT molecular complexity index is 726. The van der Waals surface area contributed by atoms with E-state index in [9.17, 15) is 9.59 Å². The highest BCUT2D eigenvalue weighted by Gasteiger charge is 2.35. The Kier molecular flexibility index (Phi) is 4.20. The van der Waals surface area contributed by atoms with Gasteiger partial charge in [-0.25, -0.2) is 14.7 Å². The van der Waals surface area contributed by atoms with E-state index in [4.69, 9.17) is 4.98 Å². The largest absolute Gasteiger partial charge is 0.337 e. The van der Waals surface area contributed by atoms with Gasteiger partial charge >= 0.3 is 6.03 Å². The number of hydrogen-bond acceptors (Lipinski definition) is 4. The highest BCUT2D eigenvalue weighted by molar-refractivity contribution is 7.18. The van der Waals surface area contributed by atoms with Gasteiger partial charge in [0.2, 0.25) is 5.91 Å². The Hall–Kier alpha value is -1.99. The number of nitrogens with zero attached hydrogens (tertiary/aromatic N) is 2. The second kappa shape index (κ2) is 6.49. The molecule has 2 aliphatic heterocycles. The molecular weight excluding hydrogens is 324 g/mol. The molecule has 2 atom stereocenters. The van der Waals surface area contributed by atoms with Crippen molar-refractivity contribution in [2.24, 2.45) is 0 Å². The summed E-state index contributed by atoms with van der Waals surface area (Å²) in [5, 5.41) is 3.89. The Morgan fingerprint density at radius 3 is 3.00 bits per heavy atom. The predicted octanol–water partition coefficient (Wildman–Crippen LogP) is 1.31. The van der Waals surface area contributed by atoms with Crippen LogP contribution < -0.4 is 10.2 Å². The van der Waals surface area contributed by atoms with Crippen LogP contribution in [0.15, 0.2) is 24.3 Å². The van der Waals surface area contributed by atoms with Crippen LogP contribution in [0.2, 0.25) is 0 Å². The zero-order valence-corrected chi connectivity index (χ0v) is 14.3. The number of piperidine rings is 1. The number of para-hydroxylation sites is 1. The van der Waals surface area contributed by atoms with Crippen LogP contribution in [0.3, 0.4) is 0 Å². The van der Waals surface area contributed by atoms with Gasteiger partial charge in [0.05, 0.1) is 16.8 Å². The number of amides is 3. The lowest BCUT2D eigenvalue weighted by Crippen LogP contribution is -3.14. The van der Waals surface area contributed by atoms with E-state index in [1.54, 1.807) is 11.3 Å². The number of likely N-dealkylation sites (tertiary alicyclic amines) is 1. The van der Waals surface area contributed by atoms with Crippen molar-refractivity contribution in [2.45, 2.75) is 31.7 Å². The average Bonchev–Trinajstić information content (AvgIpc) is 3.02. The van der Waals surface area contributed by atoms with Gasteiger partial charge in [-0.3, -0.25) is 4.79 Å². The molecule has 24 heavy (non-hydrogen) atoms. The number of urea groups is 1. The number of carbonyl (C=O) groups is 2. The van der Waals surface area contributed by atoms with Crippen LogP contribution in [0.4, 0.5) is 4.79 Å². The maximum Gasteiger partial charge on any atom is 0.328 e. The molecule has 126 valence electrons. The van der Waals surface area contributed by atoms with Crippen LogP contribution in [-0.4, -0.2) is 41.6 Å². The van der Waals surface area contributed by atoms with Gasteiger partial charge in [0.15, 0.2) is 11.7 Å². The first-order chi connectivity index (χ1) is 11.7. The van der Waals surface area contributed by atoms with Crippen molar-refractivity contribution < 1.29 is 14.5 Å². The summed E-state index contributed by atoms with van der Waals surface area (Å²) in [6.45, 7) is 1.85. The van der Waals surface area contributed by atoms with Crippen LogP contribution in [0.1, 0.15) is 36.7 Å². The minimum Gasteiger partial charge on any atom is -0.337 e. The molecule has 1 aromatic carbocycles. The molecular formula is C17H21N4O2S+. The minimum atomic E-state index is -0.257. The lowest BCUT2D eigenvalue weighted by Gasteiger charge is -2.35. The number of fused-ring (bicyclic) bond motifs is 1. The topological polar surface area (TPSA) is 66.7 Å². The van der Waals surface area contributed by atoms with Gasteiger partial charge < -0.3 is 10.2 Å². The summed E-state index contributed by atoms with van der Waals surface area (Å²) in [5.41, 5.74) is 1.04. The molecule has 2 fully saturated rings. The average molecular weight is 345 g/mol. The summed E-state index contributed by atoms with van der Waals surface area (Å²) in [4.78, 5) is 31.6. The Morgan fingerprint density at radius 1 is 1.29 bits per heavy atom. The van der Waals surface area contributed by atoms with Crippen molar-refractivity contribution >= 4 is 33.5 Å². The van der Waals surface area contributed by atoms with E-state index in [0.717, 1.165) is 29.9 Å². The number of thiazole rings is 1. The van der Waals surface area contributed by atoms with Crippen LogP contribution in [0.25, 0.3) is 10.2 Å². The molecule has 3 amide bonds. The zero-order valence-electron chi connectivity index (χ0n) is 13.5. The van der Waals surface area contributed by atoms with Gasteiger partial charge in [-0.1, -0.05) is 12.1 Å². The second-order valence-corrected chi connectivity index (χ2v) is 7.50. The van der Waals surface area contributed by atoms with E-state index < -0.39 is 0 Å². The Balaban J connectivity index is 1.58. The number of hydrogen-bond donors (Lipinski definition) is 2. The van der Waals surface area contributed by atoms with Gasteiger partial charge in [0, 0.05) is 19.4 Å². The maximum absolute atomic E-state index is 12.1. The highest BCUT2D eigenvalue weighted by atomic mass is 32.1. The molecule has 0 aliphatic carbocycles. The molecule has 2 N–H and O–H groups in total. The van der Waals surface area contributed by atoms with Gasteiger partial charge in [-0.2, -0.15) is 0 Å². The monoisotopic (exact) mass is 345 g/mol. The molecule has 0 spiro atoms. The van der Waals surface area contributed by atoms with Crippen molar-refractivity contribution in [2.75, 3.05) is 19.8 Å². The first-order valence-corrected chi connectivity index (χ1v) is 9.32. The van der Waals surface area contributed by atoms with E-state index in [0.29, 0.717) is 19.6 Å². The summed E-state index contributed by atoms with van der Waals surface area (Å²) in [7, 11) is 0. The van der Waals surface area contributed by atoms with Crippen molar-refractivity contribution in [1.82, 2.24) is 15.2 Å². The SMILES string of the molecule is O=C1CCNC(=O)N1C[NH+]1CCCC[C@H]1c1nc2ccccc2s1. The van der Waals surface area contributed by atoms with Crippen molar-refractivity contribution in [3.63, 3.8) is 0 Å². The number of quaternary nitrogens is 1. The lowest BCUT2D eigenvalue weighted by molar-refractivity contribution is -0.943. The fraction of sp³-hybridized carbons (Fsp3) is 0.471. The predicted molar refractivity (Wildman–Crippen MR) is 91.8 cm³/mol. The second-order valence-electron chi connectivity index (χ2n) is 6.44. The van der Waals surface area contributed by atoms with E-state index in [1.807, 2.05) is 18.2 Å². The van der Waals surface area contributed by atoms with Gasteiger partial charge in [0.25, 0.3) is 0 Å². The summed E-state index contributed by atoms with van der Waals surface area (Å²) in [6, 6.07) is 8.19. The van der Waals surface area contributed by atoms with Crippen molar-refractivity contribution in [1.29, 1.82) is 0 Å². The lowest BCUT2D eigenvalue weighted by atomic mass is 10.0. The molecule has 0 radical (unpaired) electrons. The Labute approximate surface area is 144 Å². The molecule has 2 aliphatic rings. The van der Waals surface area contributed by atoms with Gasteiger partial charge in [-0.15, -0.1) is 11.3 Å². The first kappa shape index (κ1) is 15.5. The third-order valence-corrected chi connectivity index (χ3v) is 6.01. The fourth-order valence-electron chi connectivity index (χ4n) is 3.59. The molecule has 6 nitrogen and oxygen atoms in total. The highest BCUT2D eigenvalue weighted by Crippen LogP contribution is 2.28. The molecule has 2 saturated heterocycles. The summed E-state index contributed by atoms with van der Waals surface area (Å²) < 4.78 is 1.20. The van der Waals surface area contributed by atoms with Gasteiger partial charge in [-0.05, 0) is 25.0 Å². The van der Waals surface area contributed by atoms with Gasteiger partial charge in [0.1, 0.15) is 6.04 Å². The molecule has 0 bridgehead atoms. The molecule has 7 heteroatoms. The summed E-state index contributed by atoms with van der Waals surface area (Å²) in [5.74, 6) is -0.0696. The van der Waals surface area contributed by atoms with Crippen LogP contribution >= 0.6 is 11.3 Å². The number of carbonyl (C=O) groups excluding carboxylic acids is 2. The normalized spacial score (nSPS) is 25.1. The minimum absolute atomic E-state index is 0.0696. The number of rotatable bonds is 3. The quantitative estimate of drug-likeness (QED) is 0.881. The van der Waals surface area contributed by atoms with Crippen molar-refractivity contribution in [3.8, 4) is 0 Å². The standard InChI is InChI=1S/C17H20N4O2S/c22-15-8-9-18-17(23)21(15)11-20-10-4-3-6-13(20)16-19-12-5-1-2-7-14(12)24-16/h1-2,5,7,13H,3-4,6,8-11H2,(H,18,23)/p+1/t13-/m0/s1. The van der Waals surface area contributed by atoms with Crippen LogP contribution in [0, 0.1) is 0 Å². The maximum atomic E-state index is 12.1. The molecule has 4 rings (SSSR count). The number of imide groups is 1. The summed E-state index contributed by atoms with van der Waals surface area (Å²) >= 11 is 1.74. The molecule has 1 aromatic heterocycles. The van der Waals surface area contributed by atoms with E-state index in [2.05, 4.69) is 11.4 Å². The van der Waals surface area contributed by atoms with Crippen LogP contribution in [-0.2, 0) is 4.79 Å². The summed E-state index contributed by atoms with van der Waals surface area (Å²) in [6.07, 6.45) is 3.74. The van der Waals surface area contributed by atoms with Crippen molar-refractivity contribution in [3.05, 3.63) is 29.3 Å². The number of nitrogens with one attached hydrogen (secondary N) is 2. The first-order valence-electron chi connectivity index (χ1n) is 8.50. The van der Waals surface area contributed by atoms with E-state index in [1.165, 1.54) is 20.9 Å². The van der Waals surface area contributed by atoms with E-state index >= 15 is 0 Å². The molecule has 2 aromatic rings. The molecule has 0 saturated carbocycles.